The molecule has 2 aromatic carbocycles. The molecule has 3 amide bonds. The van der Waals surface area contributed by atoms with Gasteiger partial charge in [-0.15, -0.1) is 0 Å². The standard InChI is InChI=1S/C20H23N3O2/c1-13-7-3-5-9-16(13)17(22-20(21)25)12-19(24)23-14(2)11-15-8-4-6-10-18(15)23/h3-10,14,17H,11-12H2,1-2H3,(H3,21,22,25). The van der Waals surface area contributed by atoms with Gasteiger partial charge in [-0.3, -0.25) is 4.79 Å². The predicted octanol–water partition coefficient (Wildman–Crippen LogP) is 3.07. The van der Waals surface area contributed by atoms with Crippen LogP contribution in [-0.2, 0) is 11.2 Å². The third-order valence-electron chi connectivity index (χ3n) is 4.74. The summed E-state index contributed by atoms with van der Waals surface area (Å²) in [6, 6.07) is 14.7. The number of urea groups is 1. The highest BCUT2D eigenvalue weighted by molar-refractivity contribution is 5.96. The molecular formula is C20H23N3O2. The van der Waals surface area contributed by atoms with Crippen LogP contribution in [0, 0.1) is 6.92 Å². The number of nitrogens with one attached hydrogen (secondary N) is 1. The van der Waals surface area contributed by atoms with E-state index in [1.807, 2.05) is 61.2 Å². The van der Waals surface area contributed by atoms with Crippen LogP contribution in [0.4, 0.5) is 10.5 Å². The molecule has 0 saturated carbocycles. The number of primary amides is 1. The van der Waals surface area contributed by atoms with Crippen molar-refractivity contribution in [1.82, 2.24) is 5.32 Å². The minimum atomic E-state index is -0.629. The summed E-state index contributed by atoms with van der Waals surface area (Å²) in [7, 11) is 0. The van der Waals surface area contributed by atoms with E-state index in [1.54, 1.807) is 0 Å². The van der Waals surface area contributed by atoms with E-state index < -0.39 is 12.1 Å². The summed E-state index contributed by atoms with van der Waals surface area (Å²) < 4.78 is 0. The van der Waals surface area contributed by atoms with Gasteiger partial charge in [0.15, 0.2) is 0 Å². The van der Waals surface area contributed by atoms with Crippen molar-refractivity contribution < 1.29 is 9.59 Å². The van der Waals surface area contributed by atoms with Gasteiger partial charge in [0.1, 0.15) is 0 Å². The fourth-order valence-corrected chi connectivity index (χ4v) is 3.61. The van der Waals surface area contributed by atoms with Gasteiger partial charge in [0, 0.05) is 11.7 Å². The Kier molecular flexibility index (Phi) is 4.74. The molecule has 0 bridgehead atoms. The summed E-state index contributed by atoms with van der Waals surface area (Å²) in [6.07, 6.45) is 1.02. The molecule has 0 saturated heterocycles. The number of nitrogens with two attached hydrogens (primary N) is 1. The number of hydrogen-bond donors (Lipinski definition) is 2. The Balaban J connectivity index is 1.86. The van der Waals surface area contributed by atoms with E-state index in [-0.39, 0.29) is 18.4 Å². The Morgan fingerprint density at radius 2 is 1.88 bits per heavy atom. The number of amides is 3. The summed E-state index contributed by atoms with van der Waals surface area (Å²) in [4.78, 5) is 26.3. The van der Waals surface area contributed by atoms with E-state index in [0.717, 1.165) is 23.2 Å². The fraction of sp³-hybridized carbons (Fsp3) is 0.300. The minimum absolute atomic E-state index is 0.0144. The third kappa shape index (κ3) is 3.50. The summed E-state index contributed by atoms with van der Waals surface area (Å²) in [6.45, 7) is 4.01. The SMILES string of the molecule is Cc1ccccc1C(CC(=O)N1c2ccccc2CC1C)NC(N)=O. The first kappa shape index (κ1) is 17.0. The van der Waals surface area contributed by atoms with E-state index in [9.17, 15) is 9.59 Å². The van der Waals surface area contributed by atoms with Gasteiger partial charge < -0.3 is 16.0 Å². The Morgan fingerprint density at radius 3 is 2.60 bits per heavy atom. The van der Waals surface area contributed by atoms with Crippen molar-refractivity contribution >= 4 is 17.6 Å². The molecule has 5 heteroatoms. The van der Waals surface area contributed by atoms with Crippen molar-refractivity contribution in [2.75, 3.05) is 4.90 Å². The first-order chi connectivity index (χ1) is 12.0. The van der Waals surface area contributed by atoms with Crippen molar-refractivity contribution in [3.05, 3.63) is 65.2 Å². The van der Waals surface area contributed by atoms with Crippen molar-refractivity contribution in [2.45, 2.75) is 38.8 Å². The molecule has 2 unspecified atom stereocenters. The third-order valence-corrected chi connectivity index (χ3v) is 4.74. The lowest BCUT2D eigenvalue weighted by Gasteiger charge is -2.26. The average Bonchev–Trinajstić information content (AvgIpc) is 2.90. The van der Waals surface area contributed by atoms with Gasteiger partial charge in [-0.05, 0) is 43.0 Å². The van der Waals surface area contributed by atoms with Crippen LogP contribution in [0.15, 0.2) is 48.5 Å². The number of hydrogen-bond acceptors (Lipinski definition) is 2. The van der Waals surface area contributed by atoms with Crippen LogP contribution in [0.2, 0.25) is 0 Å². The maximum absolute atomic E-state index is 13.0. The average molecular weight is 337 g/mol. The quantitative estimate of drug-likeness (QED) is 0.899. The zero-order valence-corrected chi connectivity index (χ0v) is 14.5. The maximum Gasteiger partial charge on any atom is 0.312 e. The zero-order chi connectivity index (χ0) is 18.0. The number of anilines is 1. The second-order valence-corrected chi connectivity index (χ2v) is 6.57. The topological polar surface area (TPSA) is 75.4 Å². The number of carbonyl (C=O) groups is 2. The molecular weight excluding hydrogens is 314 g/mol. The van der Waals surface area contributed by atoms with Crippen molar-refractivity contribution in [1.29, 1.82) is 0 Å². The van der Waals surface area contributed by atoms with E-state index in [4.69, 9.17) is 5.73 Å². The molecule has 0 aliphatic carbocycles. The van der Waals surface area contributed by atoms with Crippen LogP contribution in [-0.4, -0.2) is 18.0 Å². The maximum atomic E-state index is 13.0. The molecule has 1 heterocycles. The fourth-order valence-electron chi connectivity index (χ4n) is 3.61. The first-order valence-electron chi connectivity index (χ1n) is 8.49. The highest BCUT2D eigenvalue weighted by Crippen LogP contribution is 2.33. The molecule has 1 aliphatic heterocycles. The van der Waals surface area contributed by atoms with Gasteiger partial charge in [0.25, 0.3) is 0 Å². The lowest BCUT2D eigenvalue weighted by Crippen LogP contribution is -2.40. The minimum Gasteiger partial charge on any atom is -0.352 e. The van der Waals surface area contributed by atoms with Gasteiger partial charge in [0.2, 0.25) is 5.91 Å². The molecule has 0 spiro atoms. The number of rotatable bonds is 4. The second-order valence-electron chi connectivity index (χ2n) is 6.57. The molecule has 2 atom stereocenters. The van der Waals surface area contributed by atoms with E-state index >= 15 is 0 Å². The Hall–Kier alpha value is -2.82. The molecule has 130 valence electrons. The largest absolute Gasteiger partial charge is 0.352 e. The van der Waals surface area contributed by atoms with E-state index in [0.29, 0.717) is 0 Å². The predicted molar refractivity (Wildman–Crippen MR) is 98.4 cm³/mol. The van der Waals surface area contributed by atoms with Gasteiger partial charge >= 0.3 is 6.03 Å². The smallest absolute Gasteiger partial charge is 0.312 e. The normalized spacial score (nSPS) is 17.0. The monoisotopic (exact) mass is 337 g/mol. The first-order valence-corrected chi connectivity index (χ1v) is 8.49. The van der Waals surface area contributed by atoms with Crippen molar-refractivity contribution in [3.63, 3.8) is 0 Å². The van der Waals surface area contributed by atoms with E-state index in [2.05, 4.69) is 11.4 Å². The number of benzene rings is 2. The second kappa shape index (κ2) is 6.97. The highest BCUT2D eigenvalue weighted by atomic mass is 16.2. The van der Waals surface area contributed by atoms with Gasteiger partial charge in [-0.1, -0.05) is 42.5 Å². The summed E-state index contributed by atoms with van der Waals surface area (Å²) in [5.74, 6) is -0.0144. The molecule has 2 aromatic rings. The zero-order valence-electron chi connectivity index (χ0n) is 14.5. The number of fused-ring (bicyclic) bond motifs is 1. The molecule has 0 radical (unpaired) electrons. The highest BCUT2D eigenvalue weighted by Gasteiger charge is 2.32. The van der Waals surface area contributed by atoms with Crippen molar-refractivity contribution in [2.24, 2.45) is 5.73 Å². The van der Waals surface area contributed by atoms with Crippen LogP contribution in [0.1, 0.15) is 36.1 Å². The summed E-state index contributed by atoms with van der Waals surface area (Å²) >= 11 is 0. The summed E-state index contributed by atoms with van der Waals surface area (Å²) in [5.41, 5.74) is 9.41. The van der Waals surface area contributed by atoms with Crippen LogP contribution >= 0.6 is 0 Å². The number of para-hydroxylation sites is 1. The van der Waals surface area contributed by atoms with Crippen LogP contribution in [0.3, 0.4) is 0 Å². The number of aryl methyl sites for hydroxylation is 1. The lowest BCUT2D eigenvalue weighted by atomic mass is 9.98. The van der Waals surface area contributed by atoms with Crippen LogP contribution in [0.25, 0.3) is 0 Å². The molecule has 1 aliphatic rings. The Labute approximate surface area is 147 Å². The molecule has 0 aromatic heterocycles. The molecule has 3 rings (SSSR count). The number of carbonyl (C=O) groups excluding carboxylic acids is 2. The summed E-state index contributed by atoms with van der Waals surface area (Å²) in [5, 5.41) is 2.72. The molecule has 25 heavy (non-hydrogen) atoms. The molecule has 0 fully saturated rings. The molecule has 5 nitrogen and oxygen atoms in total. The Morgan fingerprint density at radius 1 is 1.20 bits per heavy atom. The Bertz CT molecular complexity index is 803. The van der Waals surface area contributed by atoms with Crippen LogP contribution < -0.4 is 16.0 Å². The molecule has 3 N–H and O–H groups in total. The number of nitrogens with zero attached hydrogens (tertiary/aromatic N) is 1. The van der Waals surface area contributed by atoms with Gasteiger partial charge in [-0.2, -0.15) is 0 Å². The van der Waals surface area contributed by atoms with E-state index in [1.165, 1.54) is 5.56 Å². The van der Waals surface area contributed by atoms with Gasteiger partial charge in [0.05, 0.1) is 12.5 Å². The van der Waals surface area contributed by atoms with Crippen molar-refractivity contribution in [3.8, 4) is 0 Å². The lowest BCUT2D eigenvalue weighted by molar-refractivity contribution is -0.119. The van der Waals surface area contributed by atoms with Gasteiger partial charge in [-0.25, -0.2) is 4.79 Å². The van der Waals surface area contributed by atoms with Crippen LogP contribution in [0.5, 0.6) is 0 Å².